The maximum absolute atomic E-state index is 12.2. The van der Waals surface area contributed by atoms with Gasteiger partial charge in [-0.3, -0.25) is 0 Å². The average Bonchev–Trinajstić information content (AvgIpc) is 3.11. The molecule has 0 aliphatic heterocycles. The van der Waals surface area contributed by atoms with Crippen LogP contribution in [0.4, 0.5) is 0 Å². The Balaban J connectivity index is 2.18. The van der Waals surface area contributed by atoms with Crippen molar-refractivity contribution in [2.75, 3.05) is 13.7 Å². The van der Waals surface area contributed by atoms with Gasteiger partial charge in [0.25, 0.3) is 0 Å². The Bertz CT molecular complexity index is 557. The number of nitrogens with one attached hydrogen (secondary N) is 1. The van der Waals surface area contributed by atoms with E-state index in [0.717, 1.165) is 12.0 Å². The van der Waals surface area contributed by atoms with Gasteiger partial charge in [0.2, 0.25) is 10.0 Å². The molecular formula is C13H20N2O3S. The van der Waals surface area contributed by atoms with Gasteiger partial charge in [0.1, 0.15) is 10.6 Å². The first-order valence-corrected chi connectivity index (χ1v) is 7.83. The van der Waals surface area contributed by atoms with Gasteiger partial charge in [-0.1, -0.05) is 13.0 Å². The van der Waals surface area contributed by atoms with E-state index in [1.54, 1.807) is 18.2 Å². The van der Waals surface area contributed by atoms with Crippen LogP contribution >= 0.6 is 0 Å². The molecule has 0 amide bonds. The van der Waals surface area contributed by atoms with E-state index < -0.39 is 10.0 Å². The van der Waals surface area contributed by atoms with Crippen LogP contribution in [0.25, 0.3) is 0 Å². The van der Waals surface area contributed by atoms with Gasteiger partial charge in [-0.15, -0.1) is 0 Å². The van der Waals surface area contributed by atoms with Gasteiger partial charge in [-0.05, 0) is 36.0 Å². The van der Waals surface area contributed by atoms with Crippen molar-refractivity contribution in [3.05, 3.63) is 23.8 Å². The molecule has 3 N–H and O–H groups in total. The summed E-state index contributed by atoms with van der Waals surface area (Å²) in [5.41, 5.74) is 6.37. The normalized spacial score (nSPS) is 22.3. The SMILES string of the molecule is COc1cc(CN)ccc1S(=O)(=O)NCC1CC1C. The Morgan fingerprint density at radius 3 is 2.68 bits per heavy atom. The molecule has 1 aliphatic rings. The summed E-state index contributed by atoms with van der Waals surface area (Å²) in [7, 11) is -2.07. The second-order valence-corrected chi connectivity index (χ2v) is 6.75. The zero-order valence-corrected chi connectivity index (χ0v) is 12.0. The fraction of sp³-hybridized carbons (Fsp3) is 0.538. The van der Waals surface area contributed by atoms with Gasteiger partial charge < -0.3 is 10.5 Å². The van der Waals surface area contributed by atoms with E-state index >= 15 is 0 Å². The van der Waals surface area contributed by atoms with Gasteiger partial charge in [0.15, 0.2) is 0 Å². The fourth-order valence-electron chi connectivity index (χ4n) is 2.04. The zero-order chi connectivity index (χ0) is 14.0. The minimum absolute atomic E-state index is 0.167. The Kier molecular flexibility index (Phi) is 4.13. The molecule has 0 heterocycles. The molecule has 6 heteroatoms. The molecule has 2 rings (SSSR count). The van der Waals surface area contributed by atoms with Crippen LogP contribution in [-0.4, -0.2) is 22.1 Å². The zero-order valence-electron chi connectivity index (χ0n) is 11.2. The van der Waals surface area contributed by atoms with E-state index in [9.17, 15) is 8.42 Å². The molecule has 1 aromatic carbocycles. The van der Waals surface area contributed by atoms with Crippen LogP contribution < -0.4 is 15.2 Å². The molecule has 0 bridgehead atoms. The third-order valence-corrected chi connectivity index (χ3v) is 5.03. The lowest BCUT2D eigenvalue weighted by Gasteiger charge is -2.11. The minimum atomic E-state index is -3.52. The summed E-state index contributed by atoms with van der Waals surface area (Å²) in [4.78, 5) is 0.167. The smallest absolute Gasteiger partial charge is 0.244 e. The van der Waals surface area contributed by atoms with E-state index in [1.807, 2.05) is 0 Å². The Hall–Kier alpha value is -1.11. The topological polar surface area (TPSA) is 81.4 Å². The molecule has 0 aromatic heterocycles. The lowest BCUT2D eigenvalue weighted by Crippen LogP contribution is -2.26. The van der Waals surface area contributed by atoms with E-state index in [1.165, 1.54) is 7.11 Å². The van der Waals surface area contributed by atoms with Gasteiger partial charge >= 0.3 is 0 Å². The van der Waals surface area contributed by atoms with Crippen molar-refractivity contribution in [3.63, 3.8) is 0 Å². The highest BCUT2D eigenvalue weighted by molar-refractivity contribution is 7.89. The van der Waals surface area contributed by atoms with Crippen molar-refractivity contribution < 1.29 is 13.2 Å². The maximum Gasteiger partial charge on any atom is 0.244 e. The molecular weight excluding hydrogens is 264 g/mol. The van der Waals surface area contributed by atoms with E-state index in [4.69, 9.17) is 10.5 Å². The summed E-state index contributed by atoms with van der Waals surface area (Å²) in [6.07, 6.45) is 1.09. The lowest BCUT2D eigenvalue weighted by atomic mass is 10.2. The number of rotatable bonds is 6. The summed E-state index contributed by atoms with van der Waals surface area (Å²) in [6.45, 7) is 2.96. The molecule has 0 spiro atoms. The standard InChI is InChI=1S/C13H20N2O3S/c1-9-5-11(9)8-15-19(16,17)13-4-3-10(7-14)6-12(13)18-2/h3-4,6,9,11,15H,5,7-8,14H2,1-2H3. The number of methoxy groups -OCH3 is 1. The summed E-state index contributed by atoms with van der Waals surface area (Å²) in [5.74, 6) is 1.41. The van der Waals surface area contributed by atoms with Gasteiger partial charge in [0, 0.05) is 13.1 Å². The molecule has 1 saturated carbocycles. The van der Waals surface area contributed by atoms with Crippen molar-refractivity contribution in [2.24, 2.45) is 17.6 Å². The Morgan fingerprint density at radius 1 is 1.47 bits per heavy atom. The Morgan fingerprint density at radius 2 is 2.16 bits per heavy atom. The van der Waals surface area contributed by atoms with Crippen LogP contribution in [-0.2, 0) is 16.6 Å². The van der Waals surface area contributed by atoms with Crippen LogP contribution in [0.3, 0.4) is 0 Å². The quantitative estimate of drug-likeness (QED) is 0.819. The molecule has 1 aliphatic carbocycles. The number of benzene rings is 1. The number of sulfonamides is 1. The van der Waals surface area contributed by atoms with Crippen molar-refractivity contribution in [1.29, 1.82) is 0 Å². The summed E-state index contributed by atoms with van der Waals surface area (Å²) in [6, 6.07) is 4.91. The third-order valence-electron chi connectivity index (χ3n) is 3.56. The number of hydrogen-bond acceptors (Lipinski definition) is 4. The van der Waals surface area contributed by atoms with Crippen LogP contribution in [0.5, 0.6) is 5.75 Å². The van der Waals surface area contributed by atoms with E-state index in [0.29, 0.717) is 30.7 Å². The Labute approximate surface area is 114 Å². The predicted molar refractivity (Wildman–Crippen MR) is 73.3 cm³/mol. The highest BCUT2D eigenvalue weighted by atomic mass is 32.2. The largest absolute Gasteiger partial charge is 0.495 e. The van der Waals surface area contributed by atoms with E-state index in [-0.39, 0.29) is 4.90 Å². The second-order valence-electron chi connectivity index (χ2n) is 5.01. The van der Waals surface area contributed by atoms with E-state index in [2.05, 4.69) is 11.6 Å². The monoisotopic (exact) mass is 284 g/mol. The molecule has 5 nitrogen and oxygen atoms in total. The minimum Gasteiger partial charge on any atom is -0.495 e. The predicted octanol–water partition coefficient (Wildman–Crippen LogP) is 1.09. The molecule has 106 valence electrons. The number of ether oxygens (including phenoxy) is 1. The highest BCUT2D eigenvalue weighted by Crippen LogP contribution is 2.37. The summed E-state index contributed by atoms with van der Waals surface area (Å²) < 4.78 is 32.2. The average molecular weight is 284 g/mol. The molecule has 2 atom stereocenters. The third kappa shape index (κ3) is 3.26. The maximum atomic E-state index is 12.2. The first kappa shape index (κ1) is 14.3. The van der Waals surface area contributed by atoms with Crippen molar-refractivity contribution in [2.45, 2.75) is 24.8 Å². The molecule has 0 radical (unpaired) electrons. The molecule has 1 aromatic rings. The summed E-state index contributed by atoms with van der Waals surface area (Å²) >= 11 is 0. The molecule has 0 saturated heterocycles. The first-order valence-electron chi connectivity index (χ1n) is 6.34. The van der Waals surface area contributed by atoms with Crippen molar-refractivity contribution in [1.82, 2.24) is 4.72 Å². The highest BCUT2D eigenvalue weighted by Gasteiger charge is 2.33. The lowest BCUT2D eigenvalue weighted by molar-refractivity contribution is 0.401. The number of nitrogens with two attached hydrogens (primary N) is 1. The summed E-state index contributed by atoms with van der Waals surface area (Å²) in [5, 5.41) is 0. The van der Waals surface area contributed by atoms with Crippen molar-refractivity contribution in [3.8, 4) is 5.75 Å². The van der Waals surface area contributed by atoms with Gasteiger partial charge in [-0.25, -0.2) is 13.1 Å². The molecule has 2 unspecified atom stereocenters. The fourth-order valence-corrected chi connectivity index (χ4v) is 3.28. The van der Waals surface area contributed by atoms with Gasteiger partial charge in [-0.2, -0.15) is 0 Å². The van der Waals surface area contributed by atoms with Crippen LogP contribution in [0.2, 0.25) is 0 Å². The van der Waals surface area contributed by atoms with Crippen LogP contribution in [0.1, 0.15) is 18.9 Å². The van der Waals surface area contributed by atoms with Crippen LogP contribution in [0, 0.1) is 11.8 Å². The van der Waals surface area contributed by atoms with Crippen molar-refractivity contribution >= 4 is 10.0 Å². The molecule has 19 heavy (non-hydrogen) atoms. The van der Waals surface area contributed by atoms with Gasteiger partial charge in [0.05, 0.1) is 7.11 Å². The first-order chi connectivity index (χ1) is 8.97. The molecule has 1 fully saturated rings. The second kappa shape index (κ2) is 5.48. The van der Waals surface area contributed by atoms with Crippen LogP contribution in [0.15, 0.2) is 23.1 Å². The number of hydrogen-bond donors (Lipinski definition) is 2.